The van der Waals surface area contributed by atoms with Gasteiger partial charge >= 0.3 is 0 Å². The second-order valence-electron chi connectivity index (χ2n) is 5.60. The van der Waals surface area contributed by atoms with Crippen molar-refractivity contribution in [1.82, 2.24) is 0 Å². The second-order valence-corrected chi connectivity index (χ2v) is 5.60. The van der Waals surface area contributed by atoms with Crippen molar-refractivity contribution >= 4 is 0 Å². The van der Waals surface area contributed by atoms with Crippen LogP contribution in [-0.2, 0) is 14.2 Å². The van der Waals surface area contributed by atoms with Crippen LogP contribution in [0.25, 0.3) is 0 Å². The van der Waals surface area contributed by atoms with Crippen molar-refractivity contribution in [3.8, 4) is 0 Å². The van der Waals surface area contributed by atoms with E-state index in [4.69, 9.17) is 25.7 Å². The van der Waals surface area contributed by atoms with Crippen molar-refractivity contribution in [2.45, 2.75) is 45.3 Å². The fraction of sp³-hybridized carbons (Fsp3) is 1.00. The summed E-state index contributed by atoms with van der Waals surface area (Å²) in [5, 5.41) is 0. The highest BCUT2D eigenvalue weighted by Gasteiger charge is 2.25. The fourth-order valence-corrected chi connectivity index (χ4v) is 1.32. The predicted molar refractivity (Wildman–Crippen MR) is 73.6 cm³/mol. The minimum atomic E-state index is -0.311. The molecule has 5 heteroatoms. The molecule has 0 amide bonds. The summed E-state index contributed by atoms with van der Waals surface area (Å²) in [4.78, 5) is 0. The zero-order valence-corrected chi connectivity index (χ0v) is 12.3. The molecule has 0 aliphatic rings. The minimum Gasteiger partial charge on any atom is -0.380 e. The van der Waals surface area contributed by atoms with Gasteiger partial charge in [0.15, 0.2) is 0 Å². The van der Waals surface area contributed by atoms with Crippen molar-refractivity contribution < 1.29 is 14.2 Å². The summed E-state index contributed by atoms with van der Waals surface area (Å²) < 4.78 is 16.9. The summed E-state index contributed by atoms with van der Waals surface area (Å²) in [5.41, 5.74) is 10.2. The molecule has 5 nitrogen and oxygen atoms in total. The Morgan fingerprint density at radius 1 is 0.778 bits per heavy atom. The van der Waals surface area contributed by atoms with Gasteiger partial charge in [-0.25, -0.2) is 0 Å². The van der Waals surface area contributed by atoms with E-state index in [1.165, 1.54) is 0 Å². The van der Waals surface area contributed by atoms with Gasteiger partial charge in [-0.05, 0) is 34.1 Å². The van der Waals surface area contributed by atoms with Gasteiger partial charge in [-0.3, -0.25) is 0 Å². The van der Waals surface area contributed by atoms with Crippen LogP contribution < -0.4 is 11.5 Å². The molecule has 18 heavy (non-hydrogen) atoms. The predicted octanol–water partition coefficient (Wildman–Crippen LogP) is 0.901. The van der Waals surface area contributed by atoms with E-state index in [0.717, 1.165) is 6.42 Å². The molecule has 0 spiro atoms. The van der Waals surface area contributed by atoms with E-state index in [1.54, 1.807) is 0 Å². The molecule has 0 bridgehead atoms. The molecule has 0 aromatic rings. The summed E-state index contributed by atoms with van der Waals surface area (Å²) >= 11 is 0. The molecule has 0 aromatic carbocycles. The molecule has 4 N–H and O–H groups in total. The lowest BCUT2D eigenvalue weighted by atomic mass is 10.0. The maximum absolute atomic E-state index is 5.89. The Morgan fingerprint density at radius 2 is 1.39 bits per heavy atom. The fourth-order valence-electron chi connectivity index (χ4n) is 1.32. The average Bonchev–Trinajstić information content (AvgIpc) is 2.30. The van der Waals surface area contributed by atoms with Gasteiger partial charge in [0.05, 0.1) is 31.0 Å². The lowest BCUT2D eigenvalue weighted by Gasteiger charge is -2.32. The zero-order chi connectivity index (χ0) is 14.1. The lowest BCUT2D eigenvalue weighted by Crippen LogP contribution is -2.38. The number of hydrogen-bond donors (Lipinski definition) is 2. The first-order chi connectivity index (χ1) is 8.33. The molecule has 0 saturated carbocycles. The van der Waals surface area contributed by atoms with Crippen LogP contribution in [0.1, 0.15) is 34.1 Å². The third kappa shape index (κ3) is 9.79. The van der Waals surface area contributed by atoms with Crippen molar-refractivity contribution in [1.29, 1.82) is 0 Å². The van der Waals surface area contributed by atoms with Crippen LogP contribution >= 0.6 is 0 Å². The molecule has 0 unspecified atom stereocenters. The average molecular weight is 262 g/mol. The third-order valence-corrected chi connectivity index (χ3v) is 2.53. The van der Waals surface area contributed by atoms with Crippen LogP contribution in [0.4, 0.5) is 0 Å². The number of ether oxygens (including phenoxy) is 3. The van der Waals surface area contributed by atoms with Gasteiger partial charge in [-0.1, -0.05) is 0 Å². The molecular weight excluding hydrogens is 232 g/mol. The first-order valence-corrected chi connectivity index (χ1v) is 6.59. The number of nitrogens with two attached hydrogens (primary N) is 2. The Morgan fingerprint density at radius 3 is 1.94 bits per heavy atom. The molecular formula is C13H30N2O3. The Bertz CT molecular complexity index is 208. The highest BCUT2D eigenvalue weighted by Crippen LogP contribution is 2.19. The molecule has 0 aliphatic carbocycles. The first-order valence-electron chi connectivity index (χ1n) is 6.59. The van der Waals surface area contributed by atoms with Crippen LogP contribution in [0.3, 0.4) is 0 Å². The zero-order valence-electron chi connectivity index (χ0n) is 12.3. The summed E-state index contributed by atoms with van der Waals surface area (Å²) in [7, 11) is 0. The molecule has 0 aromatic heterocycles. The Kier molecular flexibility index (Phi) is 8.73. The van der Waals surface area contributed by atoms with E-state index in [2.05, 4.69) is 13.8 Å². The molecule has 0 aliphatic heterocycles. The maximum atomic E-state index is 5.89. The monoisotopic (exact) mass is 262 g/mol. The third-order valence-electron chi connectivity index (χ3n) is 2.53. The lowest BCUT2D eigenvalue weighted by molar-refractivity contribution is -0.124. The Balaban J connectivity index is 3.86. The van der Waals surface area contributed by atoms with Crippen molar-refractivity contribution in [3.63, 3.8) is 0 Å². The summed E-state index contributed by atoms with van der Waals surface area (Å²) in [6.45, 7) is 11.5. The molecule has 0 fully saturated rings. The number of hydrogen-bond acceptors (Lipinski definition) is 5. The SMILES string of the molecule is CC(C)(CCOCCN)OCC(C)(C)OCCN. The van der Waals surface area contributed by atoms with E-state index in [-0.39, 0.29) is 11.2 Å². The summed E-state index contributed by atoms with van der Waals surface area (Å²) in [6.07, 6.45) is 0.833. The smallest absolute Gasteiger partial charge is 0.0859 e. The Hall–Kier alpha value is -0.200. The van der Waals surface area contributed by atoms with Crippen LogP contribution in [0.2, 0.25) is 0 Å². The van der Waals surface area contributed by atoms with Gasteiger partial charge in [0.25, 0.3) is 0 Å². The quantitative estimate of drug-likeness (QED) is 0.541. The van der Waals surface area contributed by atoms with E-state index in [0.29, 0.717) is 39.5 Å². The molecule has 0 rings (SSSR count). The van der Waals surface area contributed by atoms with Crippen LogP contribution in [0.5, 0.6) is 0 Å². The highest BCUT2D eigenvalue weighted by atomic mass is 16.6. The minimum absolute atomic E-state index is 0.224. The van der Waals surface area contributed by atoms with E-state index < -0.39 is 0 Å². The van der Waals surface area contributed by atoms with Gasteiger partial charge in [0, 0.05) is 19.7 Å². The van der Waals surface area contributed by atoms with Gasteiger partial charge < -0.3 is 25.7 Å². The first kappa shape index (κ1) is 17.8. The van der Waals surface area contributed by atoms with Gasteiger partial charge in [0.1, 0.15) is 0 Å². The van der Waals surface area contributed by atoms with Crippen LogP contribution in [-0.4, -0.2) is 50.7 Å². The highest BCUT2D eigenvalue weighted by molar-refractivity contribution is 4.74. The van der Waals surface area contributed by atoms with Crippen molar-refractivity contribution in [2.24, 2.45) is 11.5 Å². The molecule has 0 saturated heterocycles. The summed E-state index contributed by atoms with van der Waals surface area (Å²) in [5.74, 6) is 0. The van der Waals surface area contributed by atoms with Gasteiger partial charge in [-0.15, -0.1) is 0 Å². The topological polar surface area (TPSA) is 79.7 Å². The van der Waals surface area contributed by atoms with E-state index in [9.17, 15) is 0 Å². The van der Waals surface area contributed by atoms with E-state index >= 15 is 0 Å². The largest absolute Gasteiger partial charge is 0.380 e. The Labute approximate surface area is 111 Å². The maximum Gasteiger partial charge on any atom is 0.0859 e. The number of rotatable bonds is 11. The normalized spacial score (nSPS) is 13.0. The van der Waals surface area contributed by atoms with Crippen LogP contribution in [0, 0.1) is 0 Å². The van der Waals surface area contributed by atoms with E-state index in [1.807, 2.05) is 13.8 Å². The second kappa shape index (κ2) is 8.82. The molecule has 110 valence electrons. The van der Waals surface area contributed by atoms with Crippen LogP contribution in [0.15, 0.2) is 0 Å². The molecule has 0 heterocycles. The van der Waals surface area contributed by atoms with Gasteiger partial charge in [-0.2, -0.15) is 0 Å². The standard InChI is InChI=1S/C13H30N2O3/c1-12(2,5-8-16-9-6-14)18-11-13(3,4)17-10-7-15/h5-11,14-15H2,1-4H3. The summed E-state index contributed by atoms with van der Waals surface area (Å²) in [6, 6.07) is 0. The van der Waals surface area contributed by atoms with Gasteiger partial charge in [0.2, 0.25) is 0 Å². The molecule has 0 radical (unpaired) electrons. The van der Waals surface area contributed by atoms with Crippen molar-refractivity contribution in [2.75, 3.05) is 39.5 Å². The molecule has 0 atom stereocenters. The van der Waals surface area contributed by atoms with Crippen molar-refractivity contribution in [3.05, 3.63) is 0 Å².